The number of nitrogens with zero attached hydrogens (tertiary/aromatic N) is 2. The van der Waals surface area contributed by atoms with Gasteiger partial charge in [-0.05, 0) is 64.5 Å². The van der Waals surface area contributed by atoms with E-state index < -0.39 is 5.60 Å². The molecule has 1 fully saturated rings. The number of hydrogen-bond acceptors (Lipinski definition) is 4. The predicted octanol–water partition coefficient (Wildman–Crippen LogP) is 4.03. The Morgan fingerprint density at radius 3 is 2.29 bits per heavy atom. The van der Waals surface area contributed by atoms with Gasteiger partial charge in [0.05, 0.1) is 12.6 Å². The summed E-state index contributed by atoms with van der Waals surface area (Å²) >= 11 is 0. The second kappa shape index (κ2) is 13.1. The van der Waals surface area contributed by atoms with E-state index in [0.29, 0.717) is 19.1 Å². The standard InChI is InChI=1S/C23H38N4O3.HI/c1-6-24-21(26-19-11-13-20(28)14-12-19)25-15-17-7-9-18(10-8-17)16-27(5)22(29)30-23(2,3)4;/h7-10,19-20,28H,6,11-16H2,1-5H3,(H2,24,25,26);1H. The zero-order valence-electron chi connectivity index (χ0n) is 19.5. The van der Waals surface area contributed by atoms with Gasteiger partial charge in [-0.25, -0.2) is 9.79 Å². The van der Waals surface area contributed by atoms with Crippen LogP contribution in [0.4, 0.5) is 4.79 Å². The molecule has 0 heterocycles. The van der Waals surface area contributed by atoms with Gasteiger partial charge in [-0.3, -0.25) is 0 Å². The molecule has 0 aliphatic heterocycles. The minimum atomic E-state index is -0.497. The Balaban J connectivity index is 0.00000480. The summed E-state index contributed by atoms with van der Waals surface area (Å²) in [6, 6.07) is 8.49. The molecule has 7 nitrogen and oxygen atoms in total. The van der Waals surface area contributed by atoms with Gasteiger partial charge in [0.1, 0.15) is 5.60 Å². The molecular formula is C23H39IN4O3. The van der Waals surface area contributed by atoms with E-state index in [1.165, 1.54) is 0 Å². The number of aliphatic imine (C=N–C) groups is 1. The summed E-state index contributed by atoms with van der Waals surface area (Å²) in [6.07, 6.45) is 3.13. The lowest BCUT2D eigenvalue weighted by Gasteiger charge is -2.27. The Bertz CT molecular complexity index is 696. The highest BCUT2D eigenvalue weighted by Crippen LogP contribution is 2.18. The van der Waals surface area contributed by atoms with E-state index in [1.54, 1.807) is 11.9 Å². The molecule has 0 bridgehead atoms. The van der Waals surface area contributed by atoms with E-state index in [1.807, 2.05) is 45.0 Å². The van der Waals surface area contributed by atoms with Crippen molar-refractivity contribution in [2.75, 3.05) is 13.6 Å². The number of aliphatic hydroxyl groups excluding tert-OH is 1. The van der Waals surface area contributed by atoms with Crippen LogP contribution in [0.15, 0.2) is 29.3 Å². The molecule has 1 amide bonds. The van der Waals surface area contributed by atoms with Crippen LogP contribution in [0, 0.1) is 0 Å². The van der Waals surface area contributed by atoms with Gasteiger partial charge < -0.3 is 25.4 Å². The Hall–Kier alpha value is -1.55. The molecule has 1 aromatic carbocycles. The van der Waals surface area contributed by atoms with E-state index in [9.17, 15) is 9.90 Å². The van der Waals surface area contributed by atoms with Crippen molar-refractivity contribution >= 4 is 36.0 Å². The van der Waals surface area contributed by atoms with E-state index in [-0.39, 0.29) is 36.2 Å². The highest BCUT2D eigenvalue weighted by molar-refractivity contribution is 14.0. The number of benzene rings is 1. The monoisotopic (exact) mass is 546 g/mol. The molecule has 2 rings (SSSR count). The number of rotatable bonds is 6. The van der Waals surface area contributed by atoms with Crippen LogP contribution in [-0.4, -0.2) is 53.4 Å². The summed E-state index contributed by atoms with van der Waals surface area (Å²) in [7, 11) is 1.74. The Labute approximate surface area is 204 Å². The van der Waals surface area contributed by atoms with Crippen molar-refractivity contribution < 1.29 is 14.6 Å². The van der Waals surface area contributed by atoms with Crippen molar-refractivity contribution in [3.8, 4) is 0 Å². The number of carbonyl (C=O) groups is 1. The van der Waals surface area contributed by atoms with E-state index in [2.05, 4.69) is 17.6 Å². The molecule has 8 heteroatoms. The van der Waals surface area contributed by atoms with Crippen LogP contribution < -0.4 is 10.6 Å². The van der Waals surface area contributed by atoms with Gasteiger partial charge in [0.15, 0.2) is 5.96 Å². The third-order valence-electron chi connectivity index (χ3n) is 4.95. The molecule has 0 radical (unpaired) electrons. The Kier molecular flexibility index (Phi) is 11.6. The molecule has 0 aromatic heterocycles. The highest BCUT2D eigenvalue weighted by Gasteiger charge is 2.20. The molecule has 3 N–H and O–H groups in total. The fourth-order valence-electron chi connectivity index (χ4n) is 3.33. The topological polar surface area (TPSA) is 86.2 Å². The first-order chi connectivity index (χ1) is 14.2. The lowest BCUT2D eigenvalue weighted by Crippen LogP contribution is -2.45. The second-order valence-corrected chi connectivity index (χ2v) is 9.00. The molecule has 31 heavy (non-hydrogen) atoms. The second-order valence-electron chi connectivity index (χ2n) is 9.00. The number of hydrogen-bond donors (Lipinski definition) is 3. The maximum Gasteiger partial charge on any atom is 0.410 e. The molecule has 1 aromatic rings. The Morgan fingerprint density at radius 1 is 1.16 bits per heavy atom. The summed E-state index contributed by atoms with van der Waals surface area (Å²) in [6.45, 7) is 9.52. The number of halogens is 1. The quantitative estimate of drug-likeness (QED) is 0.285. The molecular weight excluding hydrogens is 507 g/mol. The SMILES string of the molecule is CCNC(=NCc1ccc(CN(C)C(=O)OC(C)(C)C)cc1)NC1CCC(O)CC1.I. The first-order valence-corrected chi connectivity index (χ1v) is 10.9. The van der Waals surface area contributed by atoms with Crippen LogP contribution in [0.1, 0.15) is 64.5 Å². The molecule has 0 spiro atoms. The van der Waals surface area contributed by atoms with Crippen molar-refractivity contribution in [1.82, 2.24) is 15.5 Å². The normalized spacial score (nSPS) is 19.2. The maximum atomic E-state index is 12.1. The smallest absolute Gasteiger partial charge is 0.410 e. The van der Waals surface area contributed by atoms with E-state index >= 15 is 0 Å². The van der Waals surface area contributed by atoms with Gasteiger partial charge in [0, 0.05) is 26.2 Å². The third-order valence-corrected chi connectivity index (χ3v) is 4.95. The van der Waals surface area contributed by atoms with Crippen LogP contribution in [0.25, 0.3) is 0 Å². The van der Waals surface area contributed by atoms with E-state index in [4.69, 9.17) is 9.73 Å². The van der Waals surface area contributed by atoms with Crippen LogP contribution >= 0.6 is 24.0 Å². The van der Waals surface area contributed by atoms with Gasteiger partial charge in [-0.15, -0.1) is 24.0 Å². The summed E-state index contributed by atoms with van der Waals surface area (Å²) in [5.41, 5.74) is 1.65. The van der Waals surface area contributed by atoms with Crippen LogP contribution in [0.5, 0.6) is 0 Å². The first kappa shape index (κ1) is 27.5. The average Bonchev–Trinajstić information content (AvgIpc) is 2.68. The number of carbonyl (C=O) groups excluding carboxylic acids is 1. The highest BCUT2D eigenvalue weighted by atomic mass is 127. The number of ether oxygens (including phenoxy) is 1. The lowest BCUT2D eigenvalue weighted by molar-refractivity contribution is 0.0285. The Morgan fingerprint density at radius 2 is 1.74 bits per heavy atom. The molecule has 0 saturated heterocycles. The summed E-state index contributed by atoms with van der Waals surface area (Å²) < 4.78 is 5.39. The minimum absolute atomic E-state index is 0. The lowest BCUT2D eigenvalue weighted by atomic mass is 9.93. The first-order valence-electron chi connectivity index (χ1n) is 10.9. The largest absolute Gasteiger partial charge is 0.444 e. The van der Waals surface area contributed by atoms with Gasteiger partial charge in [-0.1, -0.05) is 24.3 Å². The summed E-state index contributed by atoms with van der Waals surface area (Å²) in [4.78, 5) is 18.4. The number of amides is 1. The predicted molar refractivity (Wildman–Crippen MR) is 136 cm³/mol. The third kappa shape index (κ3) is 10.5. The summed E-state index contributed by atoms with van der Waals surface area (Å²) in [5, 5.41) is 16.5. The van der Waals surface area contributed by atoms with Crippen LogP contribution in [-0.2, 0) is 17.8 Å². The van der Waals surface area contributed by atoms with E-state index in [0.717, 1.165) is 49.3 Å². The van der Waals surface area contributed by atoms with Crippen molar-refractivity contribution in [2.45, 2.75) is 84.2 Å². The number of nitrogens with one attached hydrogen (secondary N) is 2. The zero-order chi connectivity index (χ0) is 22.1. The molecule has 0 unspecified atom stereocenters. The summed E-state index contributed by atoms with van der Waals surface area (Å²) in [5.74, 6) is 0.813. The van der Waals surface area contributed by atoms with Crippen LogP contribution in [0.2, 0.25) is 0 Å². The molecule has 1 saturated carbocycles. The molecule has 1 aliphatic carbocycles. The average molecular weight is 546 g/mol. The van der Waals surface area contributed by atoms with Crippen molar-refractivity contribution in [1.29, 1.82) is 0 Å². The van der Waals surface area contributed by atoms with Gasteiger partial charge in [0.2, 0.25) is 0 Å². The van der Waals surface area contributed by atoms with Gasteiger partial charge in [0.25, 0.3) is 0 Å². The van der Waals surface area contributed by atoms with Gasteiger partial charge in [-0.2, -0.15) is 0 Å². The number of aliphatic hydroxyl groups is 1. The van der Waals surface area contributed by atoms with Crippen molar-refractivity contribution in [2.24, 2.45) is 4.99 Å². The van der Waals surface area contributed by atoms with Crippen molar-refractivity contribution in [3.63, 3.8) is 0 Å². The molecule has 176 valence electrons. The fourth-order valence-corrected chi connectivity index (χ4v) is 3.33. The van der Waals surface area contributed by atoms with Crippen LogP contribution in [0.3, 0.4) is 0 Å². The number of guanidine groups is 1. The van der Waals surface area contributed by atoms with Crippen molar-refractivity contribution in [3.05, 3.63) is 35.4 Å². The zero-order valence-corrected chi connectivity index (χ0v) is 21.8. The fraction of sp³-hybridized carbons (Fsp3) is 0.652. The maximum absolute atomic E-state index is 12.1. The molecule has 1 aliphatic rings. The van der Waals surface area contributed by atoms with Gasteiger partial charge >= 0.3 is 6.09 Å². The molecule has 0 atom stereocenters. The minimum Gasteiger partial charge on any atom is -0.444 e.